The van der Waals surface area contributed by atoms with Crippen LogP contribution in [0.1, 0.15) is 41.6 Å². The molecule has 0 saturated heterocycles. The fourth-order valence-electron chi connectivity index (χ4n) is 4.07. The molecule has 0 aliphatic carbocycles. The fraction of sp³-hybridized carbons (Fsp3) is 0.240. The number of fused-ring (bicyclic) bond motifs is 3. The Morgan fingerprint density at radius 3 is 2.44 bits per heavy atom. The van der Waals surface area contributed by atoms with Crippen molar-refractivity contribution < 1.29 is 22.7 Å². The van der Waals surface area contributed by atoms with Gasteiger partial charge in [0.15, 0.2) is 9.84 Å². The van der Waals surface area contributed by atoms with E-state index in [1.807, 2.05) is 0 Å². The van der Waals surface area contributed by atoms with E-state index in [2.05, 4.69) is 0 Å². The van der Waals surface area contributed by atoms with E-state index in [1.165, 1.54) is 22.8 Å². The van der Waals surface area contributed by atoms with Crippen LogP contribution in [-0.2, 0) is 27.4 Å². The first kappa shape index (κ1) is 23.6. The summed E-state index contributed by atoms with van der Waals surface area (Å²) < 4.78 is 39.5. The molecule has 3 aromatic rings. The number of aliphatic carboxylic acids is 1. The van der Waals surface area contributed by atoms with Gasteiger partial charge in [0.05, 0.1) is 23.9 Å². The monoisotopic (exact) mass is 482 g/mol. The maximum atomic E-state index is 13.6. The quantitative estimate of drug-likeness (QED) is 0.579. The molecule has 1 aliphatic rings. The molecule has 2 aromatic carbocycles. The molecule has 34 heavy (non-hydrogen) atoms. The Bertz CT molecular complexity index is 1470. The second-order valence-electron chi connectivity index (χ2n) is 8.25. The number of nitrogens with zero attached hydrogens (tertiary/aromatic N) is 2. The lowest BCUT2D eigenvalue weighted by Crippen LogP contribution is -2.18. The predicted molar refractivity (Wildman–Crippen MR) is 127 cm³/mol. The molecule has 1 aromatic heterocycles. The Morgan fingerprint density at radius 1 is 1.09 bits per heavy atom. The molecule has 0 spiro atoms. The largest absolute Gasteiger partial charge is 0.481 e. The molecular formula is C25H23FN2O5S. The summed E-state index contributed by atoms with van der Waals surface area (Å²) in [4.78, 5) is 28.9. The van der Waals surface area contributed by atoms with Crippen molar-refractivity contribution in [3.05, 3.63) is 93.2 Å². The summed E-state index contributed by atoms with van der Waals surface area (Å²) in [5.74, 6) is -1.66. The minimum Gasteiger partial charge on any atom is -0.481 e. The fourth-order valence-corrected chi connectivity index (χ4v) is 4.96. The first-order valence-electron chi connectivity index (χ1n) is 10.7. The molecular weight excluding hydrogens is 459 g/mol. The second-order valence-corrected chi connectivity index (χ2v) is 10.6. The van der Waals surface area contributed by atoms with Crippen molar-refractivity contribution in [2.45, 2.75) is 25.1 Å². The smallest absolute Gasteiger partial charge is 0.305 e. The maximum absolute atomic E-state index is 13.6. The predicted octanol–water partition coefficient (Wildman–Crippen LogP) is 3.49. The van der Waals surface area contributed by atoms with Crippen LogP contribution in [0.25, 0.3) is 11.1 Å². The molecule has 4 rings (SSSR count). The van der Waals surface area contributed by atoms with E-state index in [9.17, 15) is 27.5 Å². The molecule has 0 radical (unpaired) electrons. The molecule has 2 heterocycles. The highest BCUT2D eigenvalue weighted by atomic mass is 32.2. The summed E-state index contributed by atoms with van der Waals surface area (Å²) in [6.07, 6.45) is 1.27. The lowest BCUT2D eigenvalue weighted by atomic mass is 9.90. The van der Waals surface area contributed by atoms with Gasteiger partial charge >= 0.3 is 5.97 Å². The lowest BCUT2D eigenvalue weighted by molar-refractivity contribution is -0.137. The van der Waals surface area contributed by atoms with Gasteiger partial charge in [-0.25, -0.2) is 12.8 Å². The van der Waals surface area contributed by atoms with Gasteiger partial charge in [0.25, 0.3) is 5.56 Å². The molecule has 0 unspecified atom stereocenters. The molecule has 176 valence electrons. The third-order valence-corrected chi connectivity index (χ3v) is 7.50. The summed E-state index contributed by atoms with van der Waals surface area (Å²) >= 11 is 0. The number of aliphatic imine (C=N–C) groups is 1. The highest BCUT2D eigenvalue weighted by Gasteiger charge is 2.28. The third kappa shape index (κ3) is 4.70. The topological polar surface area (TPSA) is 106 Å². The number of benzene rings is 2. The standard InChI is InChI=1S/C25H23FN2O5S/c1-3-34(32,33)14-15-4-9-18-19(10-15)21-13-28(2)23(29)11-20(21)22(12-24(30)31)27-25(18)16-5-7-17(26)8-6-16/h4-11,13,22H,3,12,14H2,1-2H3,(H,30,31)/t22-/m0/s1. The number of pyridine rings is 1. The van der Waals surface area contributed by atoms with Crippen LogP contribution in [0, 0.1) is 5.82 Å². The number of hydrogen-bond acceptors (Lipinski definition) is 5. The van der Waals surface area contributed by atoms with Gasteiger partial charge in [0, 0.05) is 41.8 Å². The van der Waals surface area contributed by atoms with Crippen LogP contribution < -0.4 is 5.56 Å². The van der Waals surface area contributed by atoms with E-state index < -0.39 is 27.7 Å². The molecule has 9 heteroatoms. The average Bonchev–Trinajstić information content (AvgIpc) is 2.89. The first-order chi connectivity index (χ1) is 16.1. The number of rotatable bonds is 6. The lowest BCUT2D eigenvalue weighted by Gasteiger charge is -2.15. The number of carboxylic acids is 1. The Kier molecular flexibility index (Phi) is 6.22. The molecule has 0 fully saturated rings. The third-order valence-electron chi connectivity index (χ3n) is 5.85. The molecule has 0 bridgehead atoms. The Hall–Kier alpha value is -3.59. The molecule has 7 nitrogen and oxygen atoms in total. The zero-order valence-electron chi connectivity index (χ0n) is 18.7. The number of sulfone groups is 1. The zero-order chi connectivity index (χ0) is 24.6. The highest BCUT2D eigenvalue weighted by molar-refractivity contribution is 7.90. The molecule has 0 saturated carbocycles. The average molecular weight is 483 g/mol. The SMILES string of the molecule is CCS(=O)(=O)Cc1ccc2c(c1)-c1cn(C)c(=O)cc1[C@H](CC(=O)O)N=C2c1ccc(F)cc1. The van der Waals surface area contributed by atoms with Crippen LogP contribution in [0.15, 0.2) is 64.5 Å². The number of carbonyl (C=O) groups is 1. The molecule has 1 aliphatic heterocycles. The van der Waals surface area contributed by atoms with Gasteiger partial charge in [-0.05, 0) is 47.0 Å². The van der Waals surface area contributed by atoms with Crippen LogP contribution in [0.3, 0.4) is 0 Å². The summed E-state index contributed by atoms with van der Waals surface area (Å²) in [6, 6.07) is 11.4. The van der Waals surface area contributed by atoms with E-state index in [4.69, 9.17) is 4.99 Å². The first-order valence-corrected chi connectivity index (χ1v) is 12.5. The number of carboxylic acid groups (broad SMARTS) is 1. The van der Waals surface area contributed by atoms with Crippen molar-refractivity contribution in [1.82, 2.24) is 4.57 Å². The van der Waals surface area contributed by atoms with Gasteiger partial charge in [0.2, 0.25) is 0 Å². The maximum Gasteiger partial charge on any atom is 0.305 e. The highest BCUT2D eigenvalue weighted by Crippen LogP contribution is 2.39. The van der Waals surface area contributed by atoms with Crippen molar-refractivity contribution in [1.29, 1.82) is 0 Å². The van der Waals surface area contributed by atoms with Crippen molar-refractivity contribution >= 4 is 21.5 Å². The minimum absolute atomic E-state index is 0.00184. The van der Waals surface area contributed by atoms with Crippen molar-refractivity contribution in [3.63, 3.8) is 0 Å². The van der Waals surface area contributed by atoms with Gasteiger partial charge < -0.3 is 9.67 Å². The minimum atomic E-state index is -3.30. The van der Waals surface area contributed by atoms with Crippen molar-refractivity contribution in [2.24, 2.45) is 12.0 Å². The van der Waals surface area contributed by atoms with Crippen LogP contribution >= 0.6 is 0 Å². The number of aromatic nitrogens is 1. The zero-order valence-corrected chi connectivity index (χ0v) is 19.5. The molecule has 0 amide bonds. The summed E-state index contributed by atoms with van der Waals surface area (Å²) in [6.45, 7) is 1.58. The number of aryl methyl sites for hydroxylation is 1. The van der Waals surface area contributed by atoms with E-state index in [1.54, 1.807) is 50.5 Å². The van der Waals surface area contributed by atoms with Gasteiger partial charge in [0.1, 0.15) is 5.82 Å². The number of hydrogen-bond donors (Lipinski definition) is 1. The second kappa shape index (κ2) is 8.98. The summed E-state index contributed by atoms with van der Waals surface area (Å²) in [7, 11) is -1.71. The van der Waals surface area contributed by atoms with E-state index in [0.29, 0.717) is 39.1 Å². The van der Waals surface area contributed by atoms with Crippen LogP contribution in [0.5, 0.6) is 0 Å². The molecule has 1 atom stereocenters. The van der Waals surface area contributed by atoms with Gasteiger partial charge in [-0.15, -0.1) is 0 Å². The van der Waals surface area contributed by atoms with Gasteiger partial charge in [-0.3, -0.25) is 14.6 Å². The van der Waals surface area contributed by atoms with Crippen LogP contribution in [0.2, 0.25) is 0 Å². The number of halogens is 1. The van der Waals surface area contributed by atoms with Crippen LogP contribution in [-0.4, -0.2) is 35.5 Å². The van der Waals surface area contributed by atoms with E-state index >= 15 is 0 Å². The molecule has 1 N–H and O–H groups in total. The van der Waals surface area contributed by atoms with Crippen LogP contribution in [0.4, 0.5) is 4.39 Å². The Labute approximate surface area is 196 Å². The van der Waals surface area contributed by atoms with Crippen molar-refractivity contribution in [2.75, 3.05) is 5.75 Å². The summed E-state index contributed by atoms with van der Waals surface area (Å²) in [5, 5.41) is 9.55. The Morgan fingerprint density at radius 2 is 1.79 bits per heavy atom. The normalized spacial score (nSPS) is 15.1. The summed E-state index contributed by atoms with van der Waals surface area (Å²) in [5.41, 5.74) is 3.57. The Balaban J connectivity index is 2.03. The van der Waals surface area contributed by atoms with E-state index in [0.717, 1.165) is 0 Å². The van der Waals surface area contributed by atoms with Crippen molar-refractivity contribution in [3.8, 4) is 11.1 Å². The van der Waals surface area contributed by atoms with E-state index in [-0.39, 0.29) is 23.5 Å². The van der Waals surface area contributed by atoms with Gasteiger partial charge in [-0.1, -0.05) is 19.1 Å². The van der Waals surface area contributed by atoms with Gasteiger partial charge in [-0.2, -0.15) is 0 Å².